The van der Waals surface area contributed by atoms with Gasteiger partial charge in [0.2, 0.25) is 0 Å². The number of aryl methyl sites for hydroxylation is 1. The summed E-state index contributed by atoms with van der Waals surface area (Å²) in [7, 11) is 0. The van der Waals surface area contributed by atoms with E-state index in [0.717, 1.165) is 18.5 Å². The van der Waals surface area contributed by atoms with Crippen LogP contribution < -0.4 is 0 Å². The number of fused-ring (bicyclic) bond motifs is 13. The molecule has 3 aliphatic carbocycles. The third kappa shape index (κ3) is 4.12. The molecule has 0 radical (unpaired) electrons. The number of nitrogens with zero attached hydrogens (tertiary/aromatic N) is 2. The summed E-state index contributed by atoms with van der Waals surface area (Å²) in [6, 6.07) is 49.4. The van der Waals surface area contributed by atoms with Crippen LogP contribution in [0.3, 0.4) is 0 Å². The molecule has 8 aromatic rings. The van der Waals surface area contributed by atoms with Crippen LogP contribution in [-0.4, -0.2) is 9.13 Å². The molecule has 0 saturated heterocycles. The molecule has 0 fully saturated rings. The summed E-state index contributed by atoms with van der Waals surface area (Å²) >= 11 is 0. The lowest BCUT2D eigenvalue weighted by molar-refractivity contribution is 0.968. The van der Waals surface area contributed by atoms with E-state index in [1.165, 1.54) is 94.2 Å². The Morgan fingerprint density at radius 3 is 1.94 bits per heavy atom. The van der Waals surface area contributed by atoms with Gasteiger partial charge < -0.3 is 9.13 Å². The summed E-state index contributed by atoms with van der Waals surface area (Å²) in [5.41, 5.74) is 22.0. The first-order valence-electron chi connectivity index (χ1n) is 17.8. The van der Waals surface area contributed by atoms with E-state index >= 15 is 0 Å². The Bertz CT molecular complexity index is 2950. The summed E-state index contributed by atoms with van der Waals surface area (Å²) < 4.78 is 4.91. The first kappa shape index (κ1) is 28.3. The third-order valence-electron chi connectivity index (χ3n) is 11.0. The highest BCUT2D eigenvalue weighted by molar-refractivity contribution is 6.12. The third-order valence-corrected chi connectivity index (χ3v) is 11.0. The molecule has 0 unspecified atom stereocenters. The lowest BCUT2D eigenvalue weighted by Crippen LogP contribution is -2.02. The predicted molar refractivity (Wildman–Crippen MR) is 214 cm³/mol. The van der Waals surface area contributed by atoms with Crippen molar-refractivity contribution >= 4 is 49.9 Å². The van der Waals surface area contributed by atoms with E-state index in [1.54, 1.807) is 0 Å². The fourth-order valence-electron chi connectivity index (χ4n) is 8.83. The molecule has 6 aromatic carbocycles. The number of benzene rings is 6. The van der Waals surface area contributed by atoms with Gasteiger partial charge in [-0.1, -0.05) is 109 Å². The van der Waals surface area contributed by atoms with E-state index in [2.05, 4.69) is 179 Å². The molecule has 238 valence electrons. The van der Waals surface area contributed by atoms with Crippen LogP contribution in [0.5, 0.6) is 0 Å². The molecule has 2 heteroatoms. The number of para-hydroxylation sites is 2. The van der Waals surface area contributed by atoms with Crippen molar-refractivity contribution in [3.63, 3.8) is 0 Å². The summed E-state index contributed by atoms with van der Waals surface area (Å²) in [6.45, 7) is 0. The van der Waals surface area contributed by atoms with Gasteiger partial charge in [-0.05, 0) is 124 Å². The summed E-state index contributed by atoms with van der Waals surface area (Å²) in [6.07, 6.45) is 15.3. The van der Waals surface area contributed by atoms with Crippen LogP contribution in [0, 0.1) is 0 Å². The monoisotopic (exact) mass is 648 g/mol. The molecule has 0 aliphatic heterocycles. The van der Waals surface area contributed by atoms with Crippen LogP contribution in [0.2, 0.25) is 0 Å². The second-order valence-corrected chi connectivity index (χ2v) is 13.7. The second-order valence-electron chi connectivity index (χ2n) is 13.7. The van der Waals surface area contributed by atoms with Crippen molar-refractivity contribution in [1.82, 2.24) is 9.13 Å². The zero-order chi connectivity index (χ0) is 33.5. The minimum Gasteiger partial charge on any atom is -0.310 e. The van der Waals surface area contributed by atoms with Crippen molar-refractivity contribution in [3.05, 3.63) is 192 Å². The Morgan fingerprint density at radius 2 is 1.10 bits per heavy atom. The summed E-state index contributed by atoms with van der Waals surface area (Å²) in [5.74, 6) is 0. The molecule has 2 nitrogen and oxygen atoms in total. The maximum absolute atomic E-state index is 3.42. The number of allylic oxidation sites excluding steroid dienone is 6. The largest absolute Gasteiger partial charge is 0.310 e. The van der Waals surface area contributed by atoms with Gasteiger partial charge in [-0.3, -0.25) is 0 Å². The van der Waals surface area contributed by atoms with Crippen molar-refractivity contribution in [2.75, 3.05) is 0 Å². The van der Waals surface area contributed by atoms with Crippen LogP contribution in [0.15, 0.2) is 170 Å². The Balaban J connectivity index is 1.17. The van der Waals surface area contributed by atoms with E-state index in [1.807, 2.05) is 6.08 Å². The average Bonchev–Trinajstić information content (AvgIpc) is 3.58. The molecule has 0 atom stereocenters. The molecule has 0 spiro atoms. The Morgan fingerprint density at radius 1 is 0.471 bits per heavy atom. The fourth-order valence-corrected chi connectivity index (χ4v) is 8.83. The molecular formula is C49H32N2. The Kier molecular flexibility index (Phi) is 6.07. The van der Waals surface area contributed by atoms with Crippen molar-refractivity contribution in [2.24, 2.45) is 0 Å². The fraction of sp³-hybridized carbons (Fsp3) is 0.0408. The molecule has 2 heterocycles. The zero-order valence-corrected chi connectivity index (χ0v) is 28.0. The highest BCUT2D eigenvalue weighted by Gasteiger charge is 2.24. The van der Waals surface area contributed by atoms with Crippen LogP contribution in [0.4, 0.5) is 0 Å². The van der Waals surface area contributed by atoms with Crippen molar-refractivity contribution in [1.29, 1.82) is 0 Å². The molecule has 3 aliphatic rings. The topological polar surface area (TPSA) is 9.86 Å². The van der Waals surface area contributed by atoms with E-state index in [0.29, 0.717) is 0 Å². The predicted octanol–water partition coefficient (Wildman–Crippen LogP) is 12.5. The van der Waals surface area contributed by atoms with E-state index in [4.69, 9.17) is 0 Å². The van der Waals surface area contributed by atoms with E-state index in [-0.39, 0.29) is 0 Å². The molecule has 51 heavy (non-hydrogen) atoms. The van der Waals surface area contributed by atoms with Gasteiger partial charge in [-0.25, -0.2) is 0 Å². The first-order chi connectivity index (χ1) is 25.3. The molecule has 0 saturated carbocycles. The molecule has 2 aromatic heterocycles. The standard InChI is InChI=1S/C49H32N2/c1-2-14-34-35-16-4-5-17-36(35)37-18-6-7-19-39(37)44-30-32(26-28-40(44)38(34)15-3-1)51-48-25-13-10-22-43(48)45-31-33(27-29-49(45)51)50-46-23-11-8-20-41(46)42-21-9-12-24-47(42)50/h1-2,4-8,10-20,22-31H,9,21H2. The van der Waals surface area contributed by atoms with E-state index in [9.17, 15) is 0 Å². The Hall–Kier alpha value is -6.60. The second kappa shape index (κ2) is 11.0. The number of hydrogen-bond donors (Lipinski definition) is 0. The van der Waals surface area contributed by atoms with Crippen LogP contribution in [0.25, 0.3) is 83.6 Å². The minimum absolute atomic E-state index is 1.08. The summed E-state index contributed by atoms with van der Waals surface area (Å²) in [4.78, 5) is 0. The molecule has 0 N–H and O–H groups in total. The van der Waals surface area contributed by atoms with Gasteiger partial charge in [-0.2, -0.15) is 0 Å². The smallest absolute Gasteiger partial charge is 0.0542 e. The number of rotatable bonds is 2. The van der Waals surface area contributed by atoms with Gasteiger partial charge in [0.05, 0.1) is 16.6 Å². The molecule has 0 bridgehead atoms. The summed E-state index contributed by atoms with van der Waals surface area (Å²) in [5, 5.41) is 3.86. The van der Waals surface area contributed by atoms with Gasteiger partial charge in [0.25, 0.3) is 0 Å². The van der Waals surface area contributed by atoms with Crippen LogP contribution in [-0.2, 0) is 6.42 Å². The highest BCUT2D eigenvalue weighted by Crippen LogP contribution is 2.46. The Labute approximate surface area is 296 Å². The quantitative estimate of drug-likeness (QED) is 0.165. The normalized spacial score (nSPS) is 14.2. The van der Waals surface area contributed by atoms with Crippen molar-refractivity contribution < 1.29 is 0 Å². The van der Waals surface area contributed by atoms with Gasteiger partial charge in [0.15, 0.2) is 0 Å². The maximum Gasteiger partial charge on any atom is 0.0542 e. The maximum atomic E-state index is 3.42. The van der Waals surface area contributed by atoms with Gasteiger partial charge >= 0.3 is 0 Å². The van der Waals surface area contributed by atoms with Crippen molar-refractivity contribution in [3.8, 4) is 33.6 Å². The minimum atomic E-state index is 1.08. The van der Waals surface area contributed by atoms with Crippen LogP contribution >= 0.6 is 0 Å². The molecular weight excluding hydrogens is 617 g/mol. The molecule has 11 rings (SSSR count). The number of hydrogen-bond acceptors (Lipinski definition) is 0. The first-order valence-corrected chi connectivity index (χ1v) is 17.8. The van der Waals surface area contributed by atoms with Gasteiger partial charge in [0.1, 0.15) is 0 Å². The lowest BCUT2D eigenvalue weighted by atomic mass is 9.80. The SMILES string of the molecule is C1=CC=CC2=C(C=1)c1ccc(-n3c4ccccc4c4cc(-n5c6c(c7ccccc75)CCC=C6)ccc43)cc1-c1ccccc1-c1ccccc12. The van der Waals surface area contributed by atoms with Gasteiger partial charge in [-0.15, -0.1) is 5.73 Å². The lowest BCUT2D eigenvalue weighted by Gasteiger charge is -2.24. The highest BCUT2D eigenvalue weighted by atomic mass is 15.0. The average molecular weight is 649 g/mol. The van der Waals surface area contributed by atoms with Crippen LogP contribution in [0.1, 0.15) is 28.8 Å². The van der Waals surface area contributed by atoms with Gasteiger partial charge in [0, 0.05) is 33.2 Å². The van der Waals surface area contributed by atoms with E-state index < -0.39 is 0 Å². The number of aromatic nitrogens is 2. The zero-order valence-electron chi connectivity index (χ0n) is 28.0. The van der Waals surface area contributed by atoms with Crippen molar-refractivity contribution in [2.45, 2.75) is 12.8 Å². The molecule has 0 amide bonds.